The van der Waals surface area contributed by atoms with Crippen LogP contribution in [0.5, 0.6) is 0 Å². The Hall–Kier alpha value is 0.180. The van der Waals surface area contributed by atoms with Crippen LogP contribution in [0.25, 0.3) is 0 Å². The van der Waals surface area contributed by atoms with Crippen molar-refractivity contribution in [2.45, 2.75) is 18.0 Å². The summed E-state index contributed by atoms with van der Waals surface area (Å²) in [6.07, 6.45) is 1.21. The molecule has 1 saturated carbocycles. The fraction of sp³-hybridized carbons (Fsp3) is 1.00. The summed E-state index contributed by atoms with van der Waals surface area (Å²) in [6, 6.07) is 0. The van der Waals surface area contributed by atoms with Crippen LogP contribution in [0, 0.1) is 5.92 Å². The number of nitrogens with two attached hydrogens (primary N) is 1. The van der Waals surface area contributed by atoms with Crippen LogP contribution in [0.4, 0.5) is 4.39 Å². The van der Waals surface area contributed by atoms with Crippen LogP contribution < -0.4 is 5.73 Å². The normalized spacial score (nSPS) is 44.6. The summed E-state index contributed by atoms with van der Waals surface area (Å²) < 4.78 is 12.4. The zero-order valence-electron chi connectivity index (χ0n) is 4.53. The van der Waals surface area contributed by atoms with Gasteiger partial charge in [-0.3, -0.25) is 0 Å². The van der Waals surface area contributed by atoms with Crippen molar-refractivity contribution in [3.05, 3.63) is 0 Å². The number of hydrogen-bond donors (Lipinski definition) is 1. The van der Waals surface area contributed by atoms with E-state index in [1.807, 2.05) is 0 Å². The number of alkyl halides is 2. The summed E-state index contributed by atoms with van der Waals surface area (Å²) in [5, 5.41) is -1.39. The Bertz CT molecular complexity index is 94.4. The summed E-state index contributed by atoms with van der Waals surface area (Å²) >= 11 is 5.26. The highest BCUT2D eigenvalue weighted by Gasteiger charge is 2.53. The lowest BCUT2D eigenvalue weighted by Gasteiger charge is -1.92. The van der Waals surface area contributed by atoms with Crippen molar-refractivity contribution < 1.29 is 4.39 Å². The minimum absolute atomic E-state index is 0.0363. The van der Waals surface area contributed by atoms with Gasteiger partial charge in [-0.05, 0) is 13.0 Å². The molecule has 2 N–H and O–H groups in total. The van der Waals surface area contributed by atoms with Gasteiger partial charge in [0.25, 0.3) is 0 Å². The lowest BCUT2D eigenvalue weighted by molar-refractivity contribution is 0.389. The third-order valence-electron chi connectivity index (χ3n) is 1.47. The van der Waals surface area contributed by atoms with Crippen molar-refractivity contribution in [1.29, 1.82) is 0 Å². The molecule has 8 heavy (non-hydrogen) atoms. The average molecular weight is 138 g/mol. The molecule has 0 aromatic rings. The maximum absolute atomic E-state index is 12.4. The molecule has 0 bridgehead atoms. The lowest BCUT2D eigenvalue weighted by atomic mass is 10.3. The molecule has 0 amide bonds. The molecule has 0 radical (unpaired) electrons. The molecule has 1 rings (SSSR count). The SMILES string of the molecule is NCCC1CC1(F)Cl. The molecular weight excluding hydrogens is 129 g/mol. The van der Waals surface area contributed by atoms with Crippen LogP contribution in [0.3, 0.4) is 0 Å². The fourth-order valence-electron chi connectivity index (χ4n) is 0.784. The molecule has 2 unspecified atom stereocenters. The van der Waals surface area contributed by atoms with Crippen molar-refractivity contribution in [2.24, 2.45) is 11.7 Å². The Balaban J connectivity index is 2.17. The van der Waals surface area contributed by atoms with Gasteiger partial charge in [0.05, 0.1) is 0 Å². The first kappa shape index (κ1) is 6.30. The summed E-state index contributed by atoms with van der Waals surface area (Å²) in [6.45, 7) is 0.545. The first-order valence-electron chi connectivity index (χ1n) is 2.74. The van der Waals surface area contributed by atoms with E-state index in [2.05, 4.69) is 0 Å². The molecule has 0 aromatic heterocycles. The van der Waals surface area contributed by atoms with Crippen molar-refractivity contribution in [1.82, 2.24) is 0 Å². The topological polar surface area (TPSA) is 26.0 Å². The van der Waals surface area contributed by atoms with E-state index >= 15 is 0 Å². The second kappa shape index (κ2) is 1.85. The van der Waals surface area contributed by atoms with E-state index in [1.54, 1.807) is 0 Å². The van der Waals surface area contributed by atoms with Crippen molar-refractivity contribution in [2.75, 3.05) is 6.54 Å². The largest absolute Gasteiger partial charge is 0.330 e. The van der Waals surface area contributed by atoms with Gasteiger partial charge in [0.15, 0.2) is 5.13 Å². The Kier molecular flexibility index (Phi) is 1.46. The summed E-state index contributed by atoms with van der Waals surface area (Å²) in [5.74, 6) is 0.0363. The molecule has 3 heteroatoms. The molecule has 1 nitrogen and oxygen atoms in total. The fourth-order valence-corrected chi connectivity index (χ4v) is 1.08. The molecule has 0 aromatic carbocycles. The number of hydrogen-bond acceptors (Lipinski definition) is 1. The Morgan fingerprint density at radius 2 is 2.38 bits per heavy atom. The monoisotopic (exact) mass is 137 g/mol. The van der Waals surface area contributed by atoms with Gasteiger partial charge in [-0.2, -0.15) is 0 Å². The highest BCUT2D eigenvalue weighted by atomic mass is 35.5. The maximum Gasteiger partial charge on any atom is 0.187 e. The van der Waals surface area contributed by atoms with Crippen molar-refractivity contribution >= 4 is 11.6 Å². The van der Waals surface area contributed by atoms with Gasteiger partial charge < -0.3 is 5.73 Å². The minimum Gasteiger partial charge on any atom is -0.330 e. The Morgan fingerprint density at radius 1 is 1.88 bits per heavy atom. The molecule has 2 atom stereocenters. The van der Waals surface area contributed by atoms with E-state index in [9.17, 15) is 4.39 Å². The lowest BCUT2D eigenvalue weighted by Crippen LogP contribution is -2.02. The number of rotatable bonds is 2. The second-order valence-corrected chi connectivity index (χ2v) is 2.87. The second-order valence-electron chi connectivity index (χ2n) is 2.24. The van der Waals surface area contributed by atoms with Crippen LogP contribution in [0.2, 0.25) is 0 Å². The first-order chi connectivity index (χ1) is 3.67. The molecule has 0 aliphatic heterocycles. The zero-order chi connectivity index (χ0) is 6.20. The molecule has 48 valence electrons. The molecule has 1 aliphatic carbocycles. The third kappa shape index (κ3) is 1.12. The predicted octanol–water partition coefficient (Wildman–Crippen LogP) is 1.26. The van der Waals surface area contributed by atoms with Crippen LogP contribution in [0.15, 0.2) is 0 Å². The van der Waals surface area contributed by atoms with Crippen molar-refractivity contribution in [3.8, 4) is 0 Å². The van der Waals surface area contributed by atoms with E-state index in [4.69, 9.17) is 17.3 Å². The summed E-state index contributed by atoms with van der Waals surface area (Å²) in [4.78, 5) is 0. The van der Waals surface area contributed by atoms with Crippen molar-refractivity contribution in [3.63, 3.8) is 0 Å². The van der Waals surface area contributed by atoms with Crippen LogP contribution >= 0.6 is 11.6 Å². The molecular formula is C5H9ClFN. The van der Waals surface area contributed by atoms with E-state index in [1.165, 1.54) is 0 Å². The molecule has 1 fully saturated rings. The smallest absolute Gasteiger partial charge is 0.187 e. The van der Waals surface area contributed by atoms with E-state index < -0.39 is 5.13 Å². The third-order valence-corrected chi connectivity index (χ3v) is 1.93. The average Bonchev–Trinajstić information content (AvgIpc) is 2.15. The standard InChI is InChI=1S/C5H9ClFN/c6-5(7)3-4(5)1-2-8/h4H,1-3,8H2. The van der Waals surface area contributed by atoms with Gasteiger partial charge in [-0.1, -0.05) is 11.6 Å². The molecule has 1 aliphatic rings. The molecule has 0 saturated heterocycles. The quantitative estimate of drug-likeness (QED) is 0.570. The van der Waals surface area contributed by atoms with Crippen LogP contribution in [-0.2, 0) is 0 Å². The van der Waals surface area contributed by atoms with Gasteiger partial charge in [-0.25, -0.2) is 4.39 Å². The highest BCUT2D eigenvalue weighted by molar-refractivity contribution is 6.24. The minimum atomic E-state index is -1.39. The highest BCUT2D eigenvalue weighted by Crippen LogP contribution is 2.52. The number of halogens is 2. The van der Waals surface area contributed by atoms with Gasteiger partial charge in [0, 0.05) is 12.3 Å². The maximum atomic E-state index is 12.4. The van der Waals surface area contributed by atoms with Gasteiger partial charge in [0.2, 0.25) is 0 Å². The van der Waals surface area contributed by atoms with E-state index in [-0.39, 0.29) is 5.92 Å². The molecule has 0 heterocycles. The van der Waals surface area contributed by atoms with Crippen LogP contribution in [-0.4, -0.2) is 11.7 Å². The van der Waals surface area contributed by atoms with Gasteiger partial charge >= 0.3 is 0 Å². The zero-order valence-corrected chi connectivity index (χ0v) is 5.29. The van der Waals surface area contributed by atoms with E-state index in [0.717, 1.165) is 6.42 Å². The van der Waals surface area contributed by atoms with Crippen LogP contribution in [0.1, 0.15) is 12.8 Å². The van der Waals surface area contributed by atoms with Gasteiger partial charge in [0.1, 0.15) is 0 Å². The van der Waals surface area contributed by atoms with E-state index in [0.29, 0.717) is 13.0 Å². The Labute approximate surface area is 53.0 Å². The summed E-state index contributed by atoms with van der Waals surface area (Å²) in [7, 11) is 0. The molecule has 0 spiro atoms. The predicted molar refractivity (Wildman–Crippen MR) is 31.5 cm³/mol. The Morgan fingerprint density at radius 3 is 2.50 bits per heavy atom. The van der Waals surface area contributed by atoms with Gasteiger partial charge in [-0.15, -0.1) is 0 Å². The first-order valence-corrected chi connectivity index (χ1v) is 3.12. The summed E-state index contributed by atoms with van der Waals surface area (Å²) in [5.41, 5.74) is 5.17.